The Morgan fingerprint density at radius 1 is 1.52 bits per heavy atom. The molecule has 6 heteroatoms. The second-order valence-corrected chi connectivity index (χ2v) is 8.04. The number of hydrogen-bond acceptors (Lipinski definition) is 5. The highest BCUT2D eigenvalue weighted by Crippen LogP contribution is 2.23. The Hall–Kier alpha value is -0.460. The van der Waals surface area contributed by atoms with Crippen LogP contribution in [-0.2, 0) is 4.74 Å². The third-order valence-electron chi connectivity index (χ3n) is 3.66. The lowest BCUT2D eigenvalue weighted by molar-refractivity contribution is 0.0471. The summed E-state index contributed by atoms with van der Waals surface area (Å²) >= 11 is 2.03. The van der Waals surface area contributed by atoms with Gasteiger partial charge in [-0.15, -0.1) is 0 Å². The van der Waals surface area contributed by atoms with Crippen LogP contribution in [0.1, 0.15) is 41.0 Å². The van der Waals surface area contributed by atoms with Crippen molar-refractivity contribution in [2.45, 2.75) is 64.0 Å². The smallest absolute Gasteiger partial charge is 0.407 e. The van der Waals surface area contributed by atoms with Gasteiger partial charge in [0.15, 0.2) is 0 Å². The average molecular weight is 317 g/mol. The van der Waals surface area contributed by atoms with Crippen molar-refractivity contribution in [3.63, 3.8) is 0 Å². The van der Waals surface area contributed by atoms with Gasteiger partial charge in [0.25, 0.3) is 0 Å². The predicted molar refractivity (Wildman–Crippen MR) is 89.8 cm³/mol. The quantitative estimate of drug-likeness (QED) is 0.812. The molecule has 124 valence electrons. The summed E-state index contributed by atoms with van der Waals surface area (Å²) in [7, 11) is 0. The van der Waals surface area contributed by atoms with E-state index < -0.39 is 5.60 Å². The van der Waals surface area contributed by atoms with Crippen LogP contribution in [-0.4, -0.2) is 59.3 Å². The molecule has 0 saturated carbocycles. The van der Waals surface area contributed by atoms with Gasteiger partial charge in [-0.3, -0.25) is 4.90 Å². The number of nitrogens with zero attached hydrogens (tertiary/aromatic N) is 1. The first-order valence-corrected chi connectivity index (χ1v) is 8.87. The minimum Gasteiger partial charge on any atom is -0.444 e. The first kappa shape index (κ1) is 18.6. The number of thioether (sulfide) groups is 1. The van der Waals surface area contributed by atoms with E-state index in [4.69, 9.17) is 10.5 Å². The van der Waals surface area contributed by atoms with E-state index in [2.05, 4.69) is 17.1 Å². The summed E-state index contributed by atoms with van der Waals surface area (Å²) in [5, 5.41) is 3.60. The predicted octanol–water partition coefficient (Wildman–Crippen LogP) is 2.05. The number of hydrogen-bond donors (Lipinski definition) is 2. The summed E-state index contributed by atoms with van der Waals surface area (Å²) in [5.74, 6) is 1.13. The molecular weight excluding hydrogens is 286 g/mol. The van der Waals surface area contributed by atoms with Crippen molar-refractivity contribution in [1.82, 2.24) is 10.2 Å². The van der Waals surface area contributed by atoms with Gasteiger partial charge in [-0.25, -0.2) is 4.79 Å². The Morgan fingerprint density at radius 3 is 2.71 bits per heavy atom. The van der Waals surface area contributed by atoms with Crippen LogP contribution in [0.25, 0.3) is 0 Å². The molecule has 1 heterocycles. The third-order valence-corrected chi connectivity index (χ3v) is 5.03. The van der Waals surface area contributed by atoms with Crippen LogP contribution in [0.4, 0.5) is 4.79 Å². The van der Waals surface area contributed by atoms with Crippen molar-refractivity contribution in [3.8, 4) is 0 Å². The van der Waals surface area contributed by atoms with E-state index >= 15 is 0 Å². The standard InChI is InChI=1S/C15H31N3O2S/c1-6-12-10-18(7-8-21-12)13(9-16)11(2)17-14(19)20-15(3,4)5/h11-13H,6-10,16H2,1-5H3,(H,17,19). The van der Waals surface area contributed by atoms with Gasteiger partial charge in [-0.05, 0) is 34.1 Å². The molecule has 0 aliphatic carbocycles. The van der Waals surface area contributed by atoms with E-state index in [0.717, 1.165) is 18.8 Å². The highest BCUT2D eigenvalue weighted by molar-refractivity contribution is 8.00. The van der Waals surface area contributed by atoms with Gasteiger partial charge < -0.3 is 15.8 Å². The lowest BCUT2D eigenvalue weighted by Crippen LogP contribution is -2.57. The summed E-state index contributed by atoms with van der Waals surface area (Å²) < 4.78 is 5.32. The number of carbonyl (C=O) groups is 1. The number of alkyl carbamates (subject to hydrolysis) is 1. The molecule has 1 rings (SSSR count). The largest absolute Gasteiger partial charge is 0.444 e. The summed E-state index contributed by atoms with van der Waals surface area (Å²) in [6.07, 6.45) is 0.804. The average Bonchev–Trinajstić information content (AvgIpc) is 2.37. The number of nitrogens with one attached hydrogen (secondary N) is 1. The minimum atomic E-state index is -0.475. The number of ether oxygens (including phenoxy) is 1. The van der Waals surface area contributed by atoms with Crippen molar-refractivity contribution < 1.29 is 9.53 Å². The van der Waals surface area contributed by atoms with Crippen molar-refractivity contribution in [2.24, 2.45) is 5.73 Å². The molecule has 3 unspecified atom stereocenters. The van der Waals surface area contributed by atoms with Gasteiger partial charge in [-0.2, -0.15) is 11.8 Å². The molecule has 1 aliphatic heterocycles. The van der Waals surface area contributed by atoms with Gasteiger partial charge in [-0.1, -0.05) is 6.92 Å². The molecule has 0 bridgehead atoms. The second kappa shape index (κ2) is 8.25. The third kappa shape index (κ3) is 6.45. The SMILES string of the molecule is CCC1CN(C(CN)C(C)NC(=O)OC(C)(C)C)CCS1. The Bertz CT molecular complexity index is 333. The maximum atomic E-state index is 11.9. The Labute approximate surface area is 133 Å². The Morgan fingerprint density at radius 2 is 2.19 bits per heavy atom. The number of carbonyl (C=O) groups excluding carboxylic acids is 1. The van der Waals surface area contributed by atoms with E-state index in [1.807, 2.05) is 39.5 Å². The molecule has 0 aromatic heterocycles. The van der Waals surface area contributed by atoms with Crippen molar-refractivity contribution in [3.05, 3.63) is 0 Å². The maximum Gasteiger partial charge on any atom is 0.407 e. The highest BCUT2D eigenvalue weighted by Gasteiger charge is 2.29. The molecule has 3 N–H and O–H groups in total. The lowest BCUT2D eigenvalue weighted by Gasteiger charge is -2.40. The van der Waals surface area contributed by atoms with Crippen LogP contribution in [0.2, 0.25) is 0 Å². The topological polar surface area (TPSA) is 67.6 Å². The summed E-state index contributed by atoms with van der Waals surface area (Å²) in [5.41, 5.74) is 5.48. The molecule has 1 aliphatic rings. The van der Waals surface area contributed by atoms with Gasteiger partial charge >= 0.3 is 6.09 Å². The van der Waals surface area contributed by atoms with Crippen LogP contribution in [0, 0.1) is 0 Å². The normalized spacial score (nSPS) is 23.4. The second-order valence-electron chi connectivity index (χ2n) is 6.63. The first-order chi connectivity index (χ1) is 9.76. The lowest BCUT2D eigenvalue weighted by atomic mass is 10.1. The fraction of sp³-hybridized carbons (Fsp3) is 0.933. The minimum absolute atomic E-state index is 0.0227. The van der Waals surface area contributed by atoms with Gasteiger partial charge in [0.1, 0.15) is 5.60 Å². The summed E-state index contributed by atoms with van der Waals surface area (Å²) in [6.45, 7) is 12.4. The molecule has 0 radical (unpaired) electrons. The number of amides is 1. The fourth-order valence-corrected chi connectivity index (χ4v) is 3.76. The number of nitrogens with two attached hydrogens (primary N) is 1. The first-order valence-electron chi connectivity index (χ1n) is 7.82. The molecule has 0 aromatic carbocycles. The zero-order valence-corrected chi connectivity index (χ0v) is 14.8. The highest BCUT2D eigenvalue weighted by atomic mass is 32.2. The molecule has 1 fully saturated rings. The van der Waals surface area contributed by atoms with Crippen LogP contribution in [0.3, 0.4) is 0 Å². The molecule has 3 atom stereocenters. The van der Waals surface area contributed by atoms with Crippen LogP contribution < -0.4 is 11.1 Å². The van der Waals surface area contributed by atoms with Crippen LogP contribution in [0.5, 0.6) is 0 Å². The van der Waals surface area contributed by atoms with E-state index in [9.17, 15) is 4.79 Å². The van der Waals surface area contributed by atoms with Crippen molar-refractivity contribution >= 4 is 17.9 Å². The fourth-order valence-electron chi connectivity index (χ4n) is 2.55. The van der Waals surface area contributed by atoms with Crippen LogP contribution in [0.15, 0.2) is 0 Å². The Kier molecular flexibility index (Phi) is 7.30. The van der Waals surface area contributed by atoms with E-state index in [-0.39, 0.29) is 18.2 Å². The van der Waals surface area contributed by atoms with Crippen LogP contribution >= 0.6 is 11.8 Å². The van der Waals surface area contributed by atoms with Crippen molar-refractivity contribution in [2.75, 3.05) is 25.4 Å². The molecular formula is C15H31N3O2S. The monoisotopic (exact) mass is 317 g/mol. The van der Waals surface area contributed by atoms with E-state index in [0.29, 0.717) is 11.8 Å². The zero-order chi connectivity index (χ0) is 16.0. The summed E-state index contributed by atoms with van der Waals surface area (Å²) in [6, 6.07) is 0.137. The number of rotatable bonds is 5. The molecule has 0 aromatic rings. The van der Waals surface area contributed by atoms with Gasteiger partial charge in [0, 0.05) is 42.7 Å². The molecule has 0 spiro atoms. The molecule has 1 saturated heterocycles. The summed E-state index contributed by atoms with van der Waals surface area (Å²) in [4.78, 5) is 14.3. The van der Waals surface area contributed by atoms with E-state index in [1.165, 1.54) is 6.42 Å². The Balaban J connectivity index is 2.56. The van der Waals surface area contributed by atoms with Gasteiger partial charge in [0.2, 0.25) is 0 Å². The molecule has 1 amide bonds. The zero-order valence-electron chi connectivity index (χ0n) is 14.0. The van der Waals surface area contributed by atoms with Crippen molar-refractivity contribution in [1.29, 1.82) is 0 Å². The van der Waals surface area contributed by atoms with Gasteiger partial charge in [0.05, 0.1) is 0 Å². The maximum absolute atomic E-state index is 11.9. The molecule has 5 nitrogen and oxygen atoms in total. The van der Waals surface area contributed by atoms with E-state index in [1.54, 1.807) is 0 Å². The molecule has 21 heavy (non-hydrogen) atoms.